The van der Waals surface area contributed by atoms with E-state index in [9.17, 15) is 8.42 Å². The summed E-state index contributed by atoms with van der Waals surface area (Å²) in [6.07, 6.45) is 5.39. The third kappa shape index (κ3) is 4.98. The summed E-state index contributed by atoms with van der Waals surface area (Å²) in [6, 6.07) is 0.638. The maximum absolute atomic E-state index is 11.4. The van der Waals surface area contributed by atoms with Crippen LogP contribution in [-0.2, 0) is 9.84 Å². The Hall–Kier alpha value is -0.0900. The van der Waals surface area contributed by atoms with E-state index in [1.54, 1.807) is 0 Å². The molecular weight excluding hydrogens is 210 g/mol. The normalized spacial score (nSPS) is 27.5. The molecule has 0 aromatic heterocycles. The SMILES string of the molecule is CCCCC(C)NC1CCCS(=O)(=O)C1. The van der Waals surface area contributed by atoms with E-state index >= 15 is 0 Å². The van der Waals surface area contributed by atoms with Crippen molar-refractivity contribution in [1.29, 1.82) is 0 Å². The first-order chi connectivity index (χ1) is 7.03. The topological polar surface area (TPSA) is 46.2 Å². The molecule has 1 N–H and O–H groups in total. The molecule has 15 heavy (non-hydrogen) atoms. The molecule has 2 atom stereocenters. The van der Waals surface area contributed by atoms with Gasteiger partial charge in [-0.25, -0.2) is 8.42 Å². The van der Waals surface area contributed by atoms with Crippen LogP contribution in [0.15, 0.2) is 0 Å². The van der Waals surface area contributed by atoms with Gasteiger partial charge in [-0.2, -0.15) is 0 Å². The van der Waals surface area contributed by atoms with Gasteiger partial charge in [-0.3, -0.25) is 0 Å². The number of nitrogens with one attached hydrogen (secondary N) is 1. The minimum absolute atomic E-state index is 0.190. The Bertz CT molecular complexity index is 274. The minimum Gasteiger partial charge on any atom is -0.310 e. The van der Waals surface area contributed by atoms with Gasteiger partial charge in [0.05, 0.1) is 11.5 Å². The van der Waals surface area contributed by atoms with Crippen molar-refractivity contribution < 1.29 is 8.42 Å². The highest BCUT2D eigenvalue weighted by Gasteiger charge is 2.25. The molecule has 0 radical (unpaired) electrons. The Kier molecular flexibility index (Phi) is 5.06. The zero-order valence-electron chi connectivity index (χ0n) is 9.83. The molecular formula is C11H23NO2S. The molecule has 0 aromatic carbocycles. The van der Waals surface area contributed by atoms with Crippen molar-refractivity contribution in [3.8, 4) is 0 Å². The Morgan fingerprint density at radius 1 is 1.47 bits per heavy atom. The second-order valence-corrected chi connectivity index (χ2v) is 6.89. The van der Waals surface area contributed by atoms with Gasteiger partial charge in [0.15, 0.2) is 9.84 Å². The molecule has 2 unspecified atom stereocenters. The predicted molar refractivity (Wildman–Crippen MR) is 63.8 cm³/mol. The lowest BCUT2D eigenvalue weighted by atomic mass is 10.1. The summed E-state index contributed by atoms with van der Waals surface area (Å²) in [4.78, 5) is 0. The van der Waals surface area contributed by atoms with Crippen LogP contribution in [0, 0.1) is 0 Å². The standard InChI is InChI=1S/C11H23NO2S/c1-3-4-6-10(2)12-11-7-5-8-15(13,14)9-11/h10-12H,3-9H2,1-2H3. The second-order valence-electron chi connectivity index (χ2n) is 4.66. The molecule has 1 rings (SSSR count). The van der Waals surface area contributed by atoms with Gasteiger partial charge in [0.2, 0.25) is 0 Å². The number of hydrogen-bond donors (Lipinski definition) is 1. The summed E-state index contributed by atoms with van der Waals surface area (Å²) >= 11 is 0. The lowest BCUT2D eigenvalue weighted by Crippen LogP contribution is -2.44. The van der Waals surface area contributed by atoms with E-state index in [2.05, 4.69) is 19.2 Å². The van der Waals surface area contributed by atoms with E-state index in [4.69, 9.17) is 0 Å². The van der Waals surface area contributed by atoms with E-state index < -0.39 is 9.84 Å². The van der Waals surface area contributed by atoms with Gasteiger partial charge in [0, 0.05) is 12.1 Å². The Morgan fingerprint density at radius 3 is 2.80 bits per heavy atom. The highest BCUT2D eigenvalue weighted by atomic mass is 32.2. The van der Waals surface area contributed by atoms with Crippen LogP contribution in [0.1, 0.15) is 46.0 Å². The maximum Gasteiger partial charge on any atom is 0.151 e. The average Bonchev–Trinajstić information content (AvgIpc) is 2.13. The Balaban J connectivity index is 2.31. The monoisotopic (exact) mass is 233 g/mol. The third-order valence-corrected chi connectivity index (χ3v) is 4.79. The largest absolute Gasteiger partial charge is 0.310 e. The van der Waals surface area contributed by atoms with Crippen molar-refractivity contribution >= 4 is 9.84 Å². The van der Waals surface area contributed by atoms with Crippen LogP contribution in [0.4, 0.5) is 0 Å². The fraction of sp³-hybridized carbons (Fsp3) is 1.00. The number of unbranched alkanes of at least 4 members (excludes halogenated alkanes) is 1. The molecule has 1 aliphatic rings. The molecule has 3 nitrogen and oxygen atoms in total. The van der Waals surface area contributed by atoms with Crippen molar-refractivity contribution in [1.82, 2.24) is 5.32 Å². The van der Waals surface area contributed by atoms with Gasteiger partial charge in [-0.1, -0.05) is 19.8 Å². The molecule has 1 aliphatic heterocycles. The third-order valence-electron chi connectivity index (χ3n) is 2.97. The first-order valence-electron chi connectivity index (χ1n) is 6.00. The lowest BCUT2D eigenvalue weighted by molar-refractivity contribution is 0.408. The predicted octanol–water partition coefficient (Wildman–Crippen LogP) is 1.73. The summed E-state index contributed by atoms with van der Waals surface area (Å²) in [6.45, 7) is 4.33. The number of sulfone groups is 1. The van der Waals surface area contributed by atoms with Crippen LogP contribution in [0.3, 0.4) is 0 Å². The van der Waals surface area contributed by atoms with Crippen LogP contribution in [-0.4, -0.2) is 32.0 Å². The summed E-state index contributed by atoms with van der Waals surface area (Å²) in [7, 11) is -2.76. The van der Waals surface area contributed by atoms with Crippen molar-refractivity contribution in [2.75, 3.05) is 11.5 Å². The highest BCUT2D eigenvalue weighted by Crippen LogP contribution is 2.13. The van der Waals surface area contributed by atoms with Crippen LogP contribution >= 0.6 is 0 Å². The fourth-order valence-electron chi connectivity index (χ4n) is 2.15. The number of rotatable bonds is 5. The molecule has 0 saturated carbocycles. The first-order valence-corrected chi connectivity index (χ1v) is 7.82. The van der Waals surface area contributed by atoms with E-state index in [0.717, 1.165) is 19.3 Å². The zero-order valence-corrected chi connectivity index (χ0v) is 10.6. The van der Waals surface area contributed by atoms with Crippen molar-refractivity contribution in [3.05, 3.63) is 0 Å². The Labute approximate surface area is 93.6 Å². The quantitative estimate of drug-likeness (QED) is 0.786. The second kappa shape index (κ2) is 5.85. The molecule has 0 aliphatic carbocycles. The van der Waals surface area contributed by atoms with E-state index in [-0.39, 0.29) is 6.04 Å². The minimum atomic E-state index is -2.76. The smallest absolute Gasteiger partial charge is 0.151 e. The van der Waals surface area contributed by atoms with Gasteiger partial charge in [-0.05, 0) is 26.2 Å². The van der Waals surface area contributed by atoms with E-state index in [1.165, 1.54) is 12.8 Å². The summed E-state index contributed by atoms with van der Waals surface area (Å²) in [5.74, 6) is 0.720. The molecule has 0 aromatic rings. The van der Waals surface area contributed by atoms with Gasteiger partial charge >= 0.3 is 0 Å². The highest BCUT2D eigenvalue weighted by molar-refractivity contribution is 7.91. The summed E-state index contributed by atoms with van der Waals surface area (Å²) in [5, 5.41) is 3.43. The van der Waals surface area contributed by atoms with Gasteiger partial charge < -0.3 is 5.32 Å². The fourth-order valence-corrected chi connectivity index (χ4v) is 3.80. The maximum atomic E-state index is 11.4. The van der Waals surface area contributed by atoms with E-state index in [1.807, 2.05) is 0 Å². The summed E-state index contributed by atoms with van der Waals surface area (Å²) < 4.78 is 22.8. The zero-order chi connectivity index (χ0) is 11.3. The molecule has 1 fully saturated rings. The molecule has 4 heteroatoms. The summed E-state index contributed by atoms with van der Waals surface area (Å²) in [5.41, 5.74) is 0. The lowest BCUT2D eigenvalue weighted by Gasteiger charge is -2.26. The van der Waals surface area contributed by atoms with E-state index in [0.29, 0.717) is 17.5 Å². The molecule has 90 valence electrons. The van der Waals surface area contributed by atoms with Crippen molar-refractivity contribution in [2.45, 2.75) is 58.0 Å². The van der Waals surface area contributed by atoms with Crippen LogP contribution in [0.2, 0.25) is 0 Å². The van der Waals surface area contributed by atoms with Crippen LogP contribution < -0.4 is 5.32 Å². The molecule has 0 amide bonds. The molecule has 1 heterocycles. The van der Waals surface area contributed by atoms with Gasteiger partial charge in [0.25, 0.3) is 0 Å². The van der Waals surface area contributed by atoms with Crippen molar-refractivity contribution in [3.63, 3.8) is 0 Å². The molecule has 0 bridgehead atoms. The Morgan fingerprint density at radius 2 is 2.20 bits per heavy atom. The number of hydrogen-bond acceptors (Lipinski definition) is 3. The average molecular weight is 233 g/mol. The van der Waals surface area contributed by atoms with Crippen molar-refractivity contribution in [2.24, 2.45) is 0 Å². The molecule has 0 spiro atoms. The van der Waals surface area contributed by atoms with Gasteiger partial charge in [-0.15, -0.1) is 0 Å². The molecule has 1 saturated heterocycles. The van der Waals surface area contributed by atoms with Crippen LogP contribution in [0.5, 0.6) is 0 Å². The van der Waals surface area contributed by atoms with Crippen LogP contribution in [0.25, 0.3) is 0 Å². The first kappa shape index (κ1) is 13.0. The van der Waals surface area contributed by atoms with Gasteiger partial charge in [0.1, 0.15) is 0 Å².